The van der Waals surface area contributed by atoms with E-state index in [2.05, 4.69) is 17.5 Å². The lowest BCUT2D eigenvalue weighted by molar-refractivity contribution is -0.142. The highest BCUT2D eigenvalue weighted by Crippen LogP contribution is 2.49. The quantitative estimate of drug-likeness (QED) is 0.619. The lowest BCUT2D eigenvalue weighted by Gasteiger charge is -2.38. The summed E-state index contributed by atoms with van der Waals surface area (Å²) < 4.78 is 0. The first-order valence-electron chi connectivity index (χ1n) is 9.18. The summed E-state index contributed by atoms with van der Waals surface area (Å²) in [4.78, 5) is 41.2. The Morgan fingerprint density at radius 1 is 1.04 bits per heavy atom. The topological polar surface area (TPSA) is 69.7 Å². The molecule has 0 radical (unpaired) electrons. The number of hydrogen-bond donors (Lipinski definition) is 1. The molecule has 0 aromatic heterocycles. The van der Waals surface area contributed by atoms with Gasteiger partial charge in [-0.1, -0.05) is 12.2 Å². The lowest BCUT2D eigenvalue weighted by Crippen LogP contribution is -2.54. The second-order valence-electron chi connectivity index (χ2n) is 7.56. The van der Waals surface area contributed by atoms with E-state index in [1.165, 1.54) is 4.90 Å². The number of urea groups is 1. The second kappa shape index (κ2) is 5.90. The van der Waals surface area contributed by atoms with Crippen molar-refractivity contribution in [2.75, 3.05) is 13.1 Å². The zero-order valence-corrected chi connectivity index (χ0v) is 14.1. The van der Waals surface area contributed by atoms with E-state index in [1.807, 2.05) is 0 Å². The van der Waals surface area contributed by atoms with Crippen LogP contribution in [0.3, 0.4) is 0 Å². The third-order valence-electron chi connectivity index (χ3n) is 6.16. The number of nitrogens with one attached hydrogen (secondary N) is 1. The summed E-state index contributed by atoms with van der Waals surface area (Å²) in [7, 11) is 0. The fraction of sp³-hybridized carbons (Fsp3) is 0.722. The standard InChI is InChI=1S/C18H25N3O3/c1-11(19-18(24)20-9-3-2-4-10-20)21-16(22)14-12-5-6-13(8-7-12)15(14)17(21)23/h5-6,11-15H,2-4,7-10H2,1H3,(H,19,24). The Hall–Kier alpha value is -1.85. The second-order valence-corrected chi connectivity index (χ2v) is 7.56. The normalized spacial score (nSPS) is 36.0. The van der Waals surface area contributed by atoms with Gasteiger partial charge in [0, 0.05) is 13.1 Å². The maximum Gasteiger partial charge on any atom is 0.319 e. The van der Waals surface area contributed by atoms with E-state index in [4.69, 9.17) is 0 Å². The van der Waals surface area contributed by atoms with Crippen LogP contribution < -0.4 is 5.32 Å². The van der Waals surface area contributed by atoms with Crippen molar-refractivity contribution in [3.05, 3.63) is 12.2 Å². The Balaban J connectivity index is 1.47. The van der Waals surface area contributed by atoms with Crippen molar-refractivity contribution in [1.29, 1.82) is 0 Å². The van der Waals surface area contributed by atoms with Gasteiger partial charge in [0.2, 0.25) is 11.8 Å². The molecule has 5 atom stereocenters. The summed E-state index contributed by atoms with van der Waals surface area (Å²) in [6.07, 6.45) is 8.81. The molecule has 130 valence electrons. The van der Waals surface area contributed by atoms with E-state index in [0.717, 1.165) is 45.2 Å². The zero-order valence-electron chi connectivity index (χ0n) is 14.1. The van der Waals surface area contributed by atoms with Gasteiger partial charge < -0.3 is 10.2 Å². The van der Waals surface area contributed by atoms with E-state index in [1.54, 1.807) is 11.8 Å². The van der Waals surface area contributed by atoms with Crippen molar-refractivity contribution in [2.45, 2.75) is 45.2 Å². The van der Waals surface area contributed by atoms with Gasteiger partial charge >= 0.3 is 6.03 Å². The summed E-state index contributed by atoms with van der Waals surface area (Å²) in [6.45, 7) is 3.24. The van der Waals surface area contributed by atoms with Gasteiger partial charge in [0.05, 0.1) is 11.8 Å². The average Bonchev–Trinajstić information content (AvgIpc) is 2.90. The Bertz CT molecular complexity index is 564. The van der Waals surface area contributed by atoms with Crippen molar-refractivity contribution in [2.24, 2.45) is 23.7 Å². The number of imide groups is 1. The predicted octanol–water partition coefficient (Wildman–Crippen LogP) is 1.73. The highest BCUT2D eigenvalue weighted by Gasteiger charge is 2.57. The molecule has 2 bridgehead atoms. The number of carbonyl (C=O) groups is 3. The van der Waals surface area contributed by atoms with Crippen molar-refractivity contribution >= 4 is 17.8 Å². The van der Waals surface area contributed by atoms with Crippen LogP contribution in [0.2, 0.25) is 0 Å². The molecule has 3 aliphatic carbocycles. The molecule has 0 aromatic carbocycles. The number of piperidine rings is 1. The van der Waals surface area contributed by atoms with E-state index >= 15 is 0 Å². The van der Waals surface area contributed by atoms with Crippen molar-refractivity contribution in [1.82, 2.24) is 15.1 Å². The van der Waals surface area contributed by atoms with Gasteiger partial charge in [-0.2, -0.15) is 0 Å². The van der Waals surface area contributed by atoms with Crippen LogP contribution >= 0.6 is 0 Å². The van der Waals surface area contributed by atoms with Crippen LogP contribution in [0, 0.1) is 23.7 Å². The third kappa shape index (κ3) is 2.34. The van der Waals surface area contributed by atoms with Crippen LogP contribution in [0.25, 0.3) is 0 Å². The van der Waals surface area contributed by atoms with Crippen LogP contribution in [0.5, 0.6) is 0 Å². The van der Waals surface area contributed by atoms with E-state index in [9.17, 15) is 14.4 Å². The minimum atomic E-state index is -0.579. The van der Waals surface area contributed by atoms with Crippen LogP contribution in [0.4, 0.5) is 4.79 Å². The predicted molar refractivity (Wildman–Crippen MR) is 87.6 cm³/mol. The fourth-order valence-corrected chi connectivity index (χ4v) is 4.91. The molecule has 6 nitrogen and oxygen atoms in total. The van der Waals surface area contributed by atoms with E-state index in [0.29, 0.717) is 0 Å². The highest BCUT2D eigenvalue weighted by atomic mass is 16.2. The van der Waals surface area contributed by atoms with Crippen molar-refractivity contribution in [3.8, 4) is 0 Å². The molecule has 24 heavy (non-hydrogen) atoms. The molecule has 5 aliphatic rings. The first-order chi connectivity index (χ1) is 11.6. The molecule has 1 saturated carbocycles. The summed E-state index contributed by atoms with van der Waals surface area (Å²) >= 11 is 0. The largest absolute Gasteiger partial charge is 0.325 e. The highest BCUT2D eigenvalue weighted by molar-refractivity contribution is 6.06. The Morgan fingerprint density at radius 2 is 1.58 bits per heavy atom. The summed E-state index contributed by atoms with van der Waals surface area (Å²) in [6, 6.07) is -0.168. The molecule has 2 aliphatic heterocycles. The van der Waals surface area contributed by atoms with Gasteiger partial charge in [0.15, 0.2) is 0 Å². The van der Waals surface area contributed by atoms with Gasteiger partial charge in [-0.15, -0.1) is 0 Å². The number of fused-ring (bicyclic) bond motifs is 1. The van der Waals surface area contributed by atoms with E-state index in [-0.39, 0.29) is 41.5 Å². The number of carbonyl (C=O) groups excluding carboxylic acids is 3. The molecule has 2 saturated heterocycles. The smallest absolute Gasteiger partial charge is 0.319 e. The van der Waals surface area contributed by atoms with Crippen molar-refractivity contribution in [3.63, 3.8) is 0 Å². The molecule has 0 aromatic rings. The Morgan fingerprint density at radius 3 is 2.08 bits per heavy atom. The molecule has 1 N–H and O–H groups in total. The fourth-order valence-electron chi connectivity index (χ4n) is 4.91. The monoisotopic (exact) mass is 331 g/mol. The van der Waals surface area contributed by atoms with Crippen LogP contribution in [0.15, 0.2) is 12.2 Å². The minimum Gasteiger partial charge on any atom is -0.325 e. The van der Waals surface area contributed by atoms with Crippen LogP contribution in [-0.2, 0) is 9.59 Å². The number of amides is 4. The van der Waals surface area contributed by atoms with Crippen molar-refractivity contribution < 1.29 is 14.4 Å². The van der Waals surface area contributed by atoms with Gasteiger partial charge in [-0.05, 0) is 50.9 Å². The maximum atomic E-state index is 12.8. The molecular formula is C18H25N3O3. The number of nitrogens with zero attached hydrogens (tertiary/aromatic N) is 2. The van der Waals surface area contributed by atoms with Gasteiger partial charge in [0.25, 0.3) is 0 Å². The molecule has 4 amide bonds. The Kier molecular flexibility index (Phi) is 3.85. The molecule has 3 fully saturated rings. The van der Waals surface area contributed by atoms with Gasteiger partial charge in [-0.3, -0.25) is 14.5 Å². The first-order valence-corrected chi connectivity index (χ1v) is 9.18. The SMILES string of the molecule is CC(NC(=O)N1CCCCC1)N1C(=O)C2C3C=CC(CC3)C2C1=O. The Labute approximate surface area is 142 Å². The molecule has 2 heterocycles. The van der Waals surface area contributed by atoms with Crippen LogP contribution in [-0.4, -0.2) is 46.9 Å². The zero-order chi connectivity index (χ0) is 16.8. The summed E-state index contributed by atoms with van der Waals surface area (Å²) in [5.41, 5.74) is 0. The molecule has 6 heteroatoms. The maximum absolute atomic E-state index is 12.8. The number of rotatable bonds is 2. The summed E-state index contributed by atoms with van der Waals surface area (Å²) in [5, 5.41) is 2.86. The first kappa shape index (κ1) is 15.7. The lowest BCUT2D eigenvalue weighted by atomic mass is 9.63. The molecule has 0 spiro atoms. The molecule has 5 unspecified atom stereocenters. The van der Waals surface area contributed by atoms with Gasteiger partial charge in [0.1, 0.15) is 6.17 Å². The number of likely N-dealkylation sites (tertiary alicyclic amines) is 2. The molecule has 5 rings (SSSR count). The number of hydrogen-bond acceptors (Lipinski definition) is 3. The number of allylic oxidation sites excluding steroid dienone is 2. The van der Waals surface area contributed by atoms with Crippen LogP contribution in [0.1, 0.15) is 39.0 Å². The third-order valence-corrected chi connectivity index (χ3v) is 6.16. The van der Waals surface area contributed by atoms with E-state index < -0.39 is 6.17 Å². The minimum absolute atomic E-state index is 0.101. The molecular weight excluding hydrogens is 306 g/mol. The average molecular weight is 331 g/mol. The van der Waals surface area contributed by atoms with Gasteiger partial charge in [-0.25, -0.2) is 4.79 Å². The summed E-state index contributed by atoms with van der Waals surface area (Å²) in [5.74, 6) is -0.255.